The van der Waals surface area contributed by atoms with Gasteiger partial charge in [-0.1, -0.05) is 78.9 Å². The predicted molar refractivity (Wildman–Crippen MR) is 142 cm³/mol. The second-order valence-electron chi connectivity index (χ2n) is 10.1. The van der Waals surface area contributed by atoms with Gasteiger partial charge < -0.3 is 15.5 Å². The highest BCUT2D eigenvalue weighted by molar-refractivity contribution is 5.94. The summed E-state index contributed by atoms with van der Waals surface area (Å²) < 4.78 is 0. The minimum absolute atomic E-state index is 0.0150. The van der Waals surface area contributed by atoms with Crippen molar-refractivity contribution in [2.24, 2.45) is 5.73 Å². The molecule has 0 spiro atoms. The van der Waals surface area contributed by atoms with E-state index in [1.54, 1.807) is 11.0 Å². The van der Waals surface area contributed by atoms with E-state index < -0.39 is 6.04 Å². The van der Waals surface area contributed by atoms with Crippen molar-refractivity contribution in [3.63, 3.8) is 0 Å². The lowest BCUT2D eigenvalue weighted by Crippen LogP contribution is -2.59. The highest BCUT2D eigenvalue weighted by Crippen LogP contribution is 2.21. The van der Waals surface area contributed by atoms with Crippen LogP contribution in [0.4, 0.5) is 0 Å². The zero-order valence-corrected chi connectivity index (χ0v) is 20.7. The number of fused-ring (bicyclic) bond motifs is 1. The van der Waals surface area contributed by atoms with E-state index >= 15 is 0 Å². The molecule has 1 saturated heterocycles. The number of benzene rings is 3. The number of amides is 2. The molecule has 2 amide bonds. The van der Waals surface area contributed by atoms with E-state index in [0.717, 1.165) is 22.8 Å². The first-order valence-corrected chi connectivity index (χ1v) is 12.4. The van der Waals surface area contributed by atoms with Crippen molar-refractivity contribution in [3.05, 3.63) is 96.1 Å². The Morgan fingerprint density at radius 2 is 1.69 bits per heavy atom. The molecule has 0 aromatic heterocycles. The molecule has 1 heterocycles. The van der Waals surface area contributed by atoms with Crippen LogP contribution in [0.25, 0.3) is 10.8 Å². The average molecular weight is 470 g/mol. The van der Waals surface area contributed by atoms with E-state index in [2.05, 4.69) is 42.5 Å². The van der Waals surface area contributed by atoms with Gasteiger partial charge in [0.05, 0.1) is 0 Å². The fraction of sp³-hybridized carbons (Fsp3) is 0.333. The Hall–Kier alpha value is -3.44. The van der Waals surface area contributed by atoms with Crippen molar-refractivity contribution in [1.29, 1.82) is 0 Å². The topological polar surface area (TPSA) is 66.6 Å². The summed E-state index contributed by atoms with van der Waals surface area (Å²) in [5.41, 5.74) is 7.94. The van der Waals surface area contributed by atoms with Crippen LogP contribution in [0, 0.1) is 0 Å². The molecule has 2 N–H and O–H groups in total. The molecule has 0 saturated carbocycles. The van der Waals surface area contributed by atoms with Crippen molar-refractivity contribution >= 4 is 22.6 Å². The number of hydrogen-bond donors (Lipinski definition) is 1. The van der Waals surface area contributed by atoms with Gasteiger partial charge in [-0.15, -0.1) is 0 Å². The standard InChI is InChI=1S/C30H35N3O2/c1-30(2,31)17-8-13-28(34)33-20-19-32(18-16-23-9-4-3-5-10-23)29(35)27(33)22-24-14-15-25-11-6-7-12-26(25)21-24/h3-15,21,27H,16-20,22,31H2,1-2H3/b13-8+/t27-/m1/s1. The van der Waals surface area contributed by atoms with Crippen LogP contribution in [0.1, 0.15) is 31.4 Å². The van der Waals surface area contributed by atoms with Crippen LogP contribution < -0.4 is 5.73 Å². The smallest absolute Gasteiger partial charge is 0.246 e. The Morgan fingerprint density at radius 3 is 2.43 bits per heavy atom. The van der Waals surface area contributed by atoms with E-state index in [4.69, 9.17) is 5.73 Å². The van der Waals surface area contributed by atoms with Gasteiger partial charge in [-0.25, -0.2) is 0 Å². The Labute approximate surface area is 208 Å². The molecule has 1 fully saturated rings. The molecule has 5 nitrogen and oxygen atoms in total. The average Bonchev–Trinajstić information content (AvgIpc) is 2.84. The summed E-state index contributed by atoms with van der Waals surface area (Å²) in [5, 5.41) is 2.30. The van der Waals surface area contributed by atoms with Gasteiger partial charge in [0.15, 0.2) is 0 Å². The van der Waals surface area contributed by atoms with Crippen molar-refractivity contribution in [2.45, 2.75) is 44.7 Å². The lowest BCUT2D eigenvalue weighted by atomic mass is 9.98. The maximum Gasteiger partial charge on any atom is 0.246 e. The molecule has 0 radical (unpaired) electrons. The van der Waals surface area contributed by atoms with Crippen LogP contribution in [-0.4, -0.2) is 52.8 Å². The fourth-order valence-corrected chi connectivity index (χ4v) is 4.58. The van der Waals surface area contributed by atoms with Gasteiger partial charge in [0.25, 0.3) is 0 Å². The Kier molecular flexibility index (Phi) is 7.67. The maximum atomic E-state index is 13.7. The summed E-state index contributed by atoms with van der Waals surface area (Å²) in [6.45, 7) is 5.57. The van der Waals surface area contributed by atoms with Crippen LogP contribution in [0.5, 0.6) is 0 Å². The number of piperazine rings is 1. The first-order chi connectivity index (χ1) is 16.8. The largest absolute Gasteiger partial charge is 0.339 e. The quantitative estimate of drug-likeness (QED) is 0.499. The molecule has 0 unspecified atom stereocenters. The van der Waals surface area contributed by atoms with Crippen LogP contribution in [0.15, 0.2) is 84.9 Å². The van der Waals surface area contributed by atoms with E-state index in [0.29, 0.717) is 32.5 Å². The van der Waals surface area contributed by atoms with Crippen LogP contribution >= 0.6 is 0 Å². The van der Waals surface area contributed by atoms with Crippen molar-refractivity contribution in [1.82, 2.24) is 9.80 Å². The molecule has 182 valence electrons. The summed E-state index contributed by atoms with van der Waals surface area (Å²) in [4.78, 5) is 30.5. The summed E-state index contributed by atoms with van der Waals surface area (Å²) >= 11 is 0. The molecule has 0 bridgehead atoms. The van der Waals surface area contributed by atoms with Crippen LogP contribution in [0.2, 0.25) is 0 Å². The van der Waals surface area contributed by atoms with E-state index in [-0.39, 0.29) is 17.4 Å². The van der Waals surface area contributed by atoms with Gasteiger partial charge in [-0.05, 0) is 54.7 Å². The molecule has 3 aromatic carbocycles. The maximum absolute atomic E-state index is 13.7. The van der Waals surface area contributed by atoms with Crippen LogP contribution in [0.3, 0.4) is 0 Å². The molecule has 0 aliphatic carbocycles. The second-order valence-corrected chi connectivity index (χ2v) is 10.1. The molecule has 1 atom stereocenters. The van der Waals surface area contributed by atoms with Gasteiger partial charge in [-0.3, -0.25) is 9.59 Å². The van der Waals surface area contributed by atoms with Gasteiger partial charge >= 0.3 is 0 Å². The summed E-state index contributed by atoms with van der Waals surface area (Å²) in [7, 11) is 0. The number of rotatable bonds is 8. The predicted octanol–water partition coefficient (Wildman–Crippen LogP) is 4.35. The zero-order chi connectivity index (χ0) is 24.8. The molecular weight excluding hydrogens is 434 g/mol. The third-order valence-corrected chi connectivity index (χ3v) is 6.53. The number of nitrogens with two attached hydrogens (primary N) is 1. The monoisotopic (exact) mass is 469 g/mol. The fourth-order valence-electron chi connectivity index (χ4n) is 4.58. The number of carbonyl (C=O) groups is 2. The molecule has 5 heteroatoms. The zero-order valence-electron chi connectivity index (χ0n) is 20.7. The first kappa shape index (κ1) is 24.7. The van der Waals surface area contributed by atoms with Gasteiger partial charge in [0.2, 0.25) is 11.8 Å². The van der Waals surface area contributed by atoms with Gasteiger partial charge in [0.1, 0.15) is 6.04 Å². The Balaban J connectivity index is 1.54. The molecule has 4 rings (SSSR count). The first-order valence-electron chi connectivity index (χ1n) is 12.4. The highest BCUT2D eigenvalue weighted by Gasteiger charge is 2.36. The lowest BCUT2D eigenvalue weighted by Gasteiger charge is -2.40. The third kappa shape index (κ3) is 6.58. The number of nitrogens with zero attached hydrogens (tertiary/aromatic N) is 2. The summed E-state index contributed by atoms with van der Waals surface area (Å²) in [6.07, 6.45) is 5.29. The van der Waals surface area contributed by atoms with Crippen molar-refractivity contribution in [2.75, 3.05) is 19.6 Å². The molecule has 3 aromatic rings. The minimum Gasteiger partial charge on any atom is -0.339 e. The lowest BCUT2D eigenvalue weighted by molar-refractivity contribution is -0.149. The van der Waals surface area contributed by atoms with E-state index in [1.807, 2.05) is 55.2 Å². The molecule has 1 aliphatic rings. The van der Waals surface area contributed by atoms with Crippen molar-refractivity contribution < 1.29 is 9.59 Å². The molecule has 35 heavy (non-hydrogen) atoms. The minimum atomic E-state index is -0.524. The third-order valence-electron chi connectivity index (χ3n) is 6.53. The van der Waals surface area contributed by atoms with Crippen molar-refractivity contribution in [3.8, 4) is 0 Å². The Bertz CT molecular complexity index is 1200. The molecular formula is C30H35N3O2. The van der Waals surface area contributed by atoms with E-state index in [1.165, 1.54) is 5.56 Å². The van der Waals surface area contributed by atoms with Crippen LogP contribution in [-0.2, 0) is 22.4 Å². The number of hydrogen-bond acceptors (Lipinski definition) is 3. The highest BCUT2D eigenvalue weighted by atomic mass is 16.2. The Morgan fingerprint density at radius 1 is 0.971 bits per heavy atom. The van der Waals surface area contributed by atoms with E-state index in [9.17, 15) is 9.59 Å². The summed E-state index contributed by atoms with van der Waals surface area (Å²) in [6, 6.07) is 24.1. The SMILES string of the molecule is CC(C)(N)C/C=C/C(=O)N1CCN(CCc2ccccc2)C(=O)[C@H]1Cc1ccc2ccccc2c1. The second kappa shape index (κ2) is 10.9. The number of carbonyl (C=O) groups excluding carboxylic acids is 2. The molecule has 1 aliphatic heterocycles. The van der Waals surface area contributed by atoms with Gasteiger partial charge in [-0.2, -0.15) is 0 Å². The normalized spacial score (nSPS) is 16.9. The summed E-state index contributed by atoms with van der Waals surface area (Å²) in [5.74, 6) is -0.114. The van der Waals surface area contributed by atoms with Gasteiger partial charge in [0, 0.05) is 31.6 Å².